The summed E-state index contributed by atoms with van der Waals surface area (Å²) in [6.07, 6.45) is 3.85. The van der Waals surface area contributed by atoms with Gasteiger partial charge in [0.1, 0.15) is 0 Å². The molecule has 1 aliphatic carbocycles. The SMILES string of the molecule is O=[N+]([O-])c1ccc(NC2CCOC2C2CC2)c(I)c1. The van der Waals surface area contributed by atoms with Crippen LogP contribution >= 0.6 is 22.6 Å². The van der Waals surface area contributed by atoms with Crippen molar-refractivity contribution >= 4 is 34.0 Å². The second-order valence-corrected chi connectivity index (χ2v) is 6.30. The van der Waals surface area contributed by atoms with Gasteiger partial charge < -0.3 is 10.1 Å². The molecule has 3 rings (SSSR count). The van der Waals surface area contributed by atoms with E-state index >= 15 is 0 Å². The lowest BCUT2D eigenvalue weighted by atomic mass is 10.1. The quantitative estimate of drug-likeness (QED) is 0.500. The molecule has 2 unspecified atom stereocenters. The minimum Gasteiger partial charge on any atom is -0.379 e. The molecule has 5 nitrogen and oxygen atoms in total. The number of benzene rings is 1. The summed E-state index contributed by atoms with van der Waals surface area (Å²) in [5, 5.41) is 14.2. The van der Waals surface area contributed by atoms with Crippen LogP contribution in [0.1, 0.15) is 19.3 Å². The second-order valence-electron chi connectivity index (χ2n) is 5.13. The van der Waals surface area contributed by atoms with Crippen molar-refractivity contribution in [1.82, 2.24) is 0 Å². The third-order valence-electron chi connectivity index (χ3n) is 3.73. The Balaban J connectivity index is 1.73. The summed E-state index contributed by atoms with van der Waals surface area (Å²) >= 11 is 2.14. The Kier molecular flexibility index (Phi) is 3.62. The number of nitro groups is 1. The number of ether oxygens (including phenoxy) is 1. The van der Waals surface area contributed by atoms with Crippen LogP contribution in [0.4, 0.5) is 11.4 Å². The lowest BCUT2D eigenvalue weighted by Crippen LogP contribution is -2.31. The summed E-state index contributed by atoms with van der Waals surface area (Å²) < 4.78 is 6.67. The fourth-order valence-electron chi connectivity index (χ4n) is 2.59. The normalized spacial score (nSPS) is 26.4. The molecule has 0 spiro atoms. The van der Waals surface area contributed by atoms with E-state index < -0.39 is 0 Å². The van der Waals surface area contributed by atoms with E-state index in [4.69, 9.17) is 4.74 Å². The molecule has 0 bridgehead atoms. The summed E-state index contributed by atoms with van der Waals surface area (Å²) in [5.74, 6) is 0.704. The number of halogens is 1. The van der Waals surface area contributed by atoms with Crippen LogP contribution in [-0.2, 0) is 4.74 Å². The molecule has 1 saturated carbocycles. The van der Waals surface area contributed by atoms with E-state index in [0.717, 1.165) is 22.3 Å². The number of hydrogen-bond acceptors (Lipinski definition) is 4. The summed E-state index contributed by atoms with van der Waals surface area (Å²) in [6, 6.07) is 5.28. The number of rotatable bonds is 4. The van der Waals surface area contributed by atoms with Gasteiger partial charge in [0.25, 0.3) is 5.69 Å². The highest BCUT2D eigenvalue weighted by Gasteiger charge is 2.40. The van der Waals surface area contributed by atoms with Crippen LogP contribution in [0.15, 0.2) is 18.2 Å². The summed E-state index contributed by atoms with van der Waals surface area (Å²) in [4.78, 5) is 10.4. The third kappa shape index (κ3) is 2.84. The Morgan fingerprint density at radius 1 is 1.37 bits per heavy atom. The Morgan fingerprint density at radius 2 is 2.16 bits per heavy atom. The van der Waals surface area contributed by atoms with Crippen molar-refractivity contribution in [2.24, 2.45) is 5.92 Å². The molecule has 19 heavy (non-hydrogen) atoms. The van der Waals surface area contributed by atoms with Gasteiger partial charge >= 0.3 is 0 Å². The standard InChI is InChI=1S/C13H15IN2O3/c14-10-7-9(16(17)18)3-4-11(10)15-12-5-6-19-13(12)8-1-2-8/h3-4,7-8,12-13,15H,1-2,5-6H2. The molecular weight excluding hydrogens is 359 g/mol. The number of nitrogens with one attached hydrogen (secondary N) is 1. The summed E-state index contributed by atoms with van der Waals surface area (Å²) in [7, 11) is 0. The predicted octanol–water partition coefficient (Wildman–Crippen LogP) is 3.18. The highest BCUT2D eigenvalue weighted by molar-refractivity contribution is 14.1. The fraction of sp³-hybridized carbons (Fsp3) is 0.538. The average Bonchev–Trinajstić information content (AvgIpc) is 3.12. The van der Waals surface area contributed by atoms with Crippen molar-refractivity contribution < 1.29 is 9.66 Å². The smallest absolute Gasteiger partial charge is 0.270 e. The van der Waals surface area contributed by atoms with Crippen molar-refractivity contribution in [2.75, 3.05) is 11.9 Å². The van der Waals surface area contributed by atoms with Gasteiger partial charge in [-0.2, -0.15) is 0 Å². The van der Waals surface area contributed by atoms with Crippen LogP contribution in [0.2, 0.25) is 0 Å². The molecule has 1 aromatic rings. The number of nitrogens with zero attached hydrogens (tertiary/aromatic N) is 1. The average molecular weight is 374 g/mol. The third-order valence-corrected chi connectivity index (χ3v) is 4.62. The van der Waals surface area contributed by atoms with E-state index in [-0.39, 0.29) is 10.6 Å². The van der Waals surface area contributed by atoms with Crippen LogP contribution in [-0.4, -0.2) is 23.7 Å². The number of anilines is 1. The van der Waals surface area contributed by atoms with Gasteiger partial charge in [-0.1, -0.05) is 0 Å². The zero-order valence-electron chi connectivity index (χ0n) is 10.3. The van der Waals surface area contributed by atoms with E-state index in [1.807, 2.05) is 0 Å². The van der Waals surface area contributed by atoms with Crippen LogP contribution < -0.4 is 5.32 Å². The fourth-order valence-corrected chi connectivity index (χ4v) is 3.24. The first-order valence-electron chi connectivity index (χ1n) is 6.47. The van der Waals surface area contributed by atoms with Crippen LogP contribution in [0.25, 0.3) is 0 Å². The van der Waals surface area contributed by atoms with Crippen molar-refractivity contribution in [3.63, 3.8) is 0 Å². The first kappa shape index (κ1) is 13.1. The highest BCUT2D eigenvalue weighted by Crippen LogP contribution is 2.40. The first-order chi connectivity index (χ1) is 9.15. The molecule has 102 valence electrons. The molecule has 2 fully saturated rings. The maximum absolute atomic E-state index is 10.7. The number of nitro benzene ring substituents is 1. The molecule has 1 aliphatic heterocycles. The maximum atomic E-state index is 10.7. The monoisotopic (exact) mass is 374 g/mol. The van der Waals surface area contributed by atoms with Gasteiger partial charge in [-0.05, 0) is 53.8 Å². The molecule has 1 heterocycles. The van der Waals surface area contributed by atoms with Gasteiger partial charge in [0.15, 0.2) is 0 Å². The van der Waals surface area contributed by atoms with Crippen molar-refractivity contribution in [1.29, 1.82) is 0 Å². The van der Waals surface area contributed by atoms with E-state index in [1.54, 1.807) is 18.2 Å². The molecule has 0 aromatic heterocycles. The zero-order chi connectivity index (χ0) is 13.4. The highest BCUT2D eigenvalue weighted by atomic mass is 127. The molecule has 0 amide bonds. The van der Waals surface area contributed by atoms with Gasteiger partial charge in [-0.3, -0.25) is 10.1 Å². The summed E-state index contributed by atoms with van der Waals surface area (Å²) in [6.45, 7) is 0.808. The van der Waals surface area contributed by atoms with E-state index in [1.165, 1.54) is 12.8 Å². The van der Waals surface area contributed by atoms with Gasteiger partial charge in [0, 0.05) is 28.0 Å². The molecular formula is C13H15IN2O3. The lowest BCUT2D eigenvalue weighted by Gasteiger charge is -2.21. The zero-order valence-corrected chi connectivity index (χ0v) is 12.5. The van der Waals surface area contributed by atoms with Crippen LogP contribution in [0, 0.1) is 19.6 Å². The number of non-ortho nitro benzene ring substituents is 1. The van der Waals surface area contributed by atoms with Crippen LogP contribution in [0.3, 0.4) is 0 Å². The Morgan fingerprint density at radius 3 is 2.79 bits per heavy atom. The molecule has 0 radical (unpaired) electrons. The summed E-state index contributed by atoms with van der Waals surface area (Å²) in [5.41, 5.74) is 1.10. The van der Waals surface area contributed by atoms with Crippen molar-refractivity contribution in [3.05, 3.63) is 31.9 Å². The van der Waals surface area contributed by atoms with Crippen LogP contribution in [0.5, 0.6) is 0 Å². The molecule has 1 N–H and O–H groups in total. The molecule has 2 aliphatic rings. The van der Waals surface area contributed by atoms with Crippen molar-refractivity contribution in [2.45, 2.75) is 31.4 Å². The Labute approximate surface area is 125 Å². The Hall–Kier alpha value is -0.890. The van der Waals surface area contributed by atoms with Gasteiger partial charge in [0.2, 0.25) is 0 Å². The predicted molar refractivity (Wildman–Crippen MR) is 80.3 cm³/mol. The Bertz CT molecular complexity index is 505. The minimum absolute atomic E-state index is 0.136. The van der Waals surface area contributed by atoms with Gasteiger partial charge in [-0.15, -0.1) is 0 Å². The second kappa shape index (κ2) is 5.24. The maximum Gasteiger partial charge on any atom is 0.270 e. The van der Waals surface area contributed by atoms with E-state index in [9.17, 15) is 10.1 Å². The molecule has 1 saturated heterocycles. The minimum atomic E-state index is -0.363. The van der Waals surface area contributed by atoms with Crippen molar-refractivity contribution in [3.8, 4) is 0 Å². The molecule has 1 aromatic carbocycles. The first-order valence-corrected chi connectivity index (χ1v) is 7.55. The molecule has 6 heteroatoms. The van der Waals surface area contributed by atoms with Gasteiger partial charge in [-0.25, -0.2) is 0 Å². The molecule has 2 atom stereocenters. The van der Waals surface area contributed by atoms with E-state index in [2.05, 4.69) is 27.9 Å². The number of hydrogen-bond donors (Lipinski definition) is 1. The topological polar surface area (TPSA) is 64.4 Å². The largest absolute Gasteiger partial charge is 0.379 e. The lowest BCUT2D eigenvalue weighted by molar-refractivity contribution is -0.384. The van der Waals surface area contributed by atoms with E-state index in [0.29, 0.717) is 18.1 Å². The van der Waals surface area contributed by atoms with Gasteiger partial charge in [0.05, 0.1) is 17.1 Å².